The molecule has 0 saturated heterocycles. The average molecular weight is 432 g/mol. The van der Waals surface area contributed by atoms with E-state index in [4.69, 9.17) is 0 Å². The van der Waals surface area contributed by atoms with Crippen molar-refractivity contribution in [3.8, 4) is 0 Å². The van der Waals surface area contributed by atoms with Gasteiger partial charge in [0.1, 0.15) is 5.82 Å². The lowest BCUT2D eigenvalue weighted by atomic mass is 10.0. The number of benzene rings is 1. The maximum absolute atomic E-state index is 13.8. The molecule has 0 fully saturated rings. The first-order valence-electron chi connectivity index (χ1n) is 9.78. The largest absolute Gasteiger partial charge is 0.410 e. The van der Waals surface area contributed by atoms with Crippen molar-refractivity contribution in [2.45, 2.75) is 37.5 Å². The van der Waals surface area contributed by atoms with Crippen molar-refractivity contribution < 1.29 is 18.0 Å². The van der Waals surface area contributed by atoms with Gasteiger partial charge in [0, 0.05) is 29.6 Å². The molecule has 2 atom stereocenters. The van der Waals surface area contributed by atoms with Gasteiger partial charge in [-0.2, -0.15) is 18.3 Å². The van der Waals surface area contributed by atoms with E-state index in [0.29, 0.717) is 6.54 Å². The van der Waals surface area contributed by atoms with Gasteiger partial charge < -0.3 is 10.2 Å². The van der Waals surface area contributed by atoms with Crippen LogP contribution in [0.15, 0.2) is 47.8 Å². The Morgan fingerprint density at radius 1 is 1.20 bits per heavy atom. The molecule has 0 saturated carbocycles. The zero-order chi connectivity index (χ0) is 20.9. The first-order valence-corrected chi connectivity index (χ1v) is 10.7. The fraction of sp³-hybridized carbons (Fsp3) is 0.333. The second kappa shape index (κ2) is 7.16. The van der Waals surface area contributed by atoms with Crippen LogP contribution in [-0.2, 0) is 6.42 Å². The van der Waals surface area contributed by atoms with Gasteiger partial charge in [-0.1, -0.05) is 24.3 Å². The molecule has 2 aromatic heterocycles. The van der Waals surface area contributed by atoms with Crippen molar-refractivity contribution in [2.24, 2.45) is 0 Å². The highest BCUT2D eigenvalue weighted by atomic mass is 32.1. The van der Waals surface area contributed by atoms with Gasteiger partial charge in [0.25, 0.3) is 5.91 Å². The molecule has 3 aromatic rings. The molecule has 5 rings (SSSR count). The molecule has 0 unspecified atom stereocenters. The first-order chi connectivity index (χ1) is 14.4. The first kappa shape index (κ1) is 19.2. The van der Waals surface area contributed by atoms with Crippen LogP contribution in [0.3, 0.4) is 0 Å². The standard InChI is InChI=1S/C21H19F3N4OS/c22-21(23,24)18-11-14(17-8-4-10-30-17)25-19-12-15(26-28(18)19)20(29)27-9-3-6-13-5-1-2-7-16(13)27/h1-2,4-5,7-8,10,12,14,18,25H,3,6,9,11H2/t14-,18-/m0/s1. The molecule has 0 aliphatic carbocycles. The summed E-state index contributed by atoms with van der Waals surface area (Å²) < 4.78 is 42.4. The highest BCUT2D eigenvalue weighted by Gasteiger charge is 2.47. The van der Waals surface area contributed by atoms with E-state index in [1.165, 1.54) is 17.4 Å². The molecule has 156 valence electrons. The number of anilines is 2. The second-order valence-electron chi connectivity index (χ2n) is 7.55. The van der Waals surface area contributed by atoms with Crippen LogP contribution in [0.25, 0.3) is 0 Å². The Balaban J connectivity index is 1.51. The SMILES string of the molecule is O=C(c1cc2n(n1)[C@H](C(F)(F)F)C[C@@H](c1cccs1)N2)N1CCCc2ccccc21. The van der Waals surface area contributed by atoms with Crippen LogP contribution in [0.2, 0.25) is 0 Å². The highest BCUT2D eigenvalue weighted by Crippen LogP contribution is 2.44. The summed E-state index contributed by atoms with van der Waals surface area (Å²) in [5.74, 6) is -0.157. The lowest BCUT2D eigenvalue weighted by Crippen LogP contribution is -2.37. The number of halogens is 3. The third kappa shape index (κ3) is 3.27. The number of carbonyl (C=O) groups excluding carboxylic acids is 1. The number of hydrogen-bond acceptors (Lipinski definition) is 4. The monoisotopic (exact) mass is 432 g/mol. The lowest BCUT2D eigenvalue weighted by molar-refractivity contribution is -0.173. The quantitative estimate of drug-likeness (QED) is 0.606. The van der Waals surface area contributed by atoms with Crippen LogP contribution in [-0.4, -0.2) is 28.4 Å². The van der Waals surface area contributed by atoms with Crippen molar-refractivity contribution in [3.63, 3.8) is 0 Å². The van der Waals surface area contributed by atoms with E-state index in [1.54, 1.807) is 4.90 Å². The van der Waals surface area contributed by atoms with Crippen molar-refractivity contribution in [2.75, 3.05) is 16.8 Å². The summed E-state index contributed by atoms with van der Waals surface area (Å²) in [4.78, 5) is 15.6. The van der Waals surface area contributed by atoms with Crippen LogP contribution in [0, 0.1) is 0 Å². The van der Waals surface area contributed by atoms with Crippen LogP contribution in [0.1, 0.15) is 45.9 Å². The Hall–Kier alpha value is -2.81. The van der Waals surface area contributed by atoms with Gasteiger partial charge in [0.15, 0.2) is 11.7 Å². The number of aromatic nitrogens is 2. The van der Waals surface area contributed by atoms with Gasteiger partial charge >= 0.3 is 6.18 Å². The Kier molecular flexibility index (Phi) is 4.57. The van der Waals surface area contributed by atoms with Crippen molar-refractivity contribution in [1.29, 1.82) is 0 Å². The summed E-state index contributed by atoms with van der Waals surface area (Å²) in [6.07, 6.45) is -2.95. The Morgan fingerprint density at radius 3 is 2.80 bits per heavy atom. The Labute approximate surface area is 175 Å². The fourth-order valence-corrected chi connectivity index (χ4v) is 5.03. The van der Waals surface area contributed by atoms with E-state index in [9.17, 15) is 18.0 Å². The number of hydrogen-bond donors (Lipinski definition) is 1. The third-order valence-corrected chi connectivity index (χ3v) is 6.64. The number of carbonyl (C=O) groups is 1. The van der Waals surface area contributed by atoms with Gasteiger partial charge in [-0.05, 0) is 35.9 Å². The predicted molar refractivity (Wildman–Crippen MR) is 109 cm³/mol. The zero-order valence-electron chi connectivity index (χ0n) is 15.9. The van der Waals surface area contributed by atoms with E-state index in [0.717, 1.165) is 33.7 Å². The lowest BCUT2D eigenvalue weighted by Gasteiger charge is -2.32. The van der Waals surface area contributed by atoms with Crippen LogP contribution >= 0.6 is 11.3 Å². The molecule has 0 radical (unpaired) electrons. The maximum atomic E-state index is 13.8. The molecule has 9 heteroatoms. The summed E-state index contributed by atoms with van der Waals surface area (Å²) in [6, 6.07) is 10.4. The third-order valence-electron chi connectivity index (χ3n) is 5.65. The van der Waals surface area contributed by atoms with Crippen molar-refractivity contribution >= 4 is 28.7 Å². The molecular weight excluding hydrogens is 413 g/mol. The molecular formula is C21H19F3N4OS. The van der Waals surface area contributed by atoms with Crippen LogP contribution in [0.5, 0.6) is 0 Å². The summed E-state index contributed by atoms with van der Waals surface area (Å²) in [7, 11) is 0. The van der Waals surface area contributed by atoms with Crippen molar-refractivity contribution in [3.05, 3.63) is 64.0 Å². The Bertz CT molecular complexity index is 1080. The van der Waals surface area contributed by atoms with Crippen LogP contribution < -0.4 is 10.2 Å². The van der Waals surface area contributed by atoms with Gasteiger partial charge in [0.05, 0.1) is 6.04 Å². The summed E-state index contributed by atoms with van der Waals surface area (Å²) in [5, 5.41) is 9.09. The summed E-state index contributed by atoms with van der Waals surface area (Å²) in [5.41, 5.74) is 1.89. The minimum atomic E-state index is -4.46. The fourth-order valence-electron chi connectivity index (χ4n) is 4.24. The Morgan fingerprint density at radius 2 is 2.03 bits per heavy atom. The normalized spacial score (nSPS) is 21.0. The molecule has 2 aliphatic rings. The number of amides is 1. The molecule has 1 N–H and O–H groups in total. The summed E-state index contributed by atoms with van der Waals surface area (Å²) >= 11 is 1.41. The highest BCUT2D eigenvalue weighted by molar-refractivity contribution is 7.10. The zero-order valence-corrected chi connectivity index (χ0v) is 16.7. The molecule has 4 heterocycles. The number of nitrogens with one attached hydrogen (secondary N) is 1. The van der Waals surface area contributed by atoms with E-state index < -0.39 is 18.3 Å². The number of rotatable bonds is 2. The maximum Gasteiger partial charge on any atom is 0.410 e. The van der Waals surface area contributed by atoms with Gasteiger partial charge in [-0.25, -0.2) is 4.68 Å². The average Bonchev–Trinajstić information content (AvgIpc) is 3.41. The minimum Gasteiger partial charge on any atom is -0.363 e. The number of para-hydroxylation sites is 1. The van der Waals surface area contributed by atoms with E-state index in [1.807, 2.05) is 41.8 Å². The number of thiophene rings is 1. The van der Waals surface area contributed by atoms with Gasteiger partial charge in [-0.15, -0.1) is 11.3 Å². The van der Waals surface area contributed by atoms with Gasteiger partial charge in [0.2, 0.25) is 0 Å². The van der Waals surface area contributed by atoms with Gasteiger partial charge in [-0.3, -0.25) is 4.79 Å². The summed E-state index contributed by atoms with van der Waals surface area (Å²) in [6.45, 7) is 0.520. The molecule has 5 nitrogen and oxygen atoms in total. The van der Waals surface area contributed by atoms with E-state index in [-0.39, 0.29) is 23.8 Å². The predicted octanol–water partition coefficient (Wildman–Crippen LogP) is 5.20. The van der Waals surface area contributed by atoms with E-state index >= 15 is 0 Å². The van der Waals surface area contributed by atoms with Crippen LogP contribution in [0.4, 0.5) is 24.7 Å². The second-order valence-corrected chi connectivity index (χ2v) is 8.53. The molecule has 1 aromatic carbocycles. The smallest absolute Gasteiger partial charge is 0.363 e. The molecule has 0 spiro atoms. The topological polar surface area (TPSA) is 50.2 Å². The molecule has 1 amide bonds. The van der Waals surface area contributed by atoms with E-state index in [2.05, 4.69) is 10.4 Å². The number of fused-ring (bicyclic) bond motifs is 2. The molecule has 2 aliphatic heterocycles. The number of aryl methyl sites for hydroxylation is 1. The molecule has 30 heavy (non-hydrogen) atoms. The van der Waals surface area contributed by atoms with Crippen molar-refractivity contribution in [1.82, 2.24) is 9.78 Å². The minimum absolute atomic E-state index is 0.0234. The molecule has 0 bridgehead atoms. The number of alkyl halides is 3. The number of nitrogens with zero attached hydrogens (tertiary/aromatic N) is 3.